The highest BCUT2D eigenvalue weighted by atomic mass is 35.5. The number of hydrogen-bond donors (Lipinski definition) is 2. The lowest BCUT2D eigenvalue weighted by molar-refractivity contribution is 0.874. The van der Waals surface area contributed by atoms with Crippen LogP contribution in [0.2, 0.25) is 10.0 Å². The minimum atomic E-state index is -0.301. The molecule has 0 amide bonds. The number of hydrogen-bond acceptors (Lipinski definition) is 4. The van der Waals surface area contributed by atoms with Crippen molar-refractivity contribution in [2.24, 2.45) is 0 Å². The van der Waals surface area contributed by atoms with Crippen molar-refractivity contribution in [2.75, 3.05) is 5.32 Å². The van der Waals surface area contributed by atoms with Gasteiger partial charge in [0.15, 0.2) is 0 Å². The van der Waals surface area contributed by atoms with Gasteiger partial charge in [-0.15, -0.1) is 10.2 Å². The van der Waals surface area contributed by atoms with E-state index in [1.54, 1.807) is 18.2 Å². The predicted octanol–water partition coefficient (Wildman–Crippen LogP) is 3.81. The third kappa shape index (κ3) is 3.88. The SMILES string of the molecule is O=c1[nH]c(Nc2cc(Cl)ccc2Cl)nnc1Cc1ccccc1. The van der Waals surface area contributed by atoms with Crippen LogP contribution >= 0.6 is 23.2 Å². The smallest absolute Gasteiger partial charge is 0.274 e. The Bertz CT molecular complexity index is 881. The average Bonchev–Trinajstić information content (AvgIpc) is 2.54. The fourth-order valence-electron chi connectivity index (χ4n) is 2.04. The van der Waals surface area contributed by atoms with Crippen LogP contribution in [0.15, 0.2) is 53.3 Å². The minimum absolute atomic E-state index is 0.205. The van der Waals surface area contributed by atoms with Gasteiger partial charge in [0.25, 0.3) is 5.56 Å². The maximum atomic E-state index is 12.1. The number of benzene rings is 2. The summed E-state index contributed by atoms with van der Waals surface area (Å²) in [6.45, 7) is 0. The molecule has 0 saturated heterocycles. The van der Waals surface area contributed by atoms with E-state index in [1.807, 2.05) is 30.3 Å². The lowest BCUT2D eigenvalue weighted by Crippen LogP contribution is -2.18. The van der Waals surface area contributed by atoms with Crippen LogP contribution in [0.25, 0.3) is 0 Å². The number of H-pyrrole nitrogens is 1. The van der Waals surface area contributed by atoms with Gasteiger partial charge in [-0.1, -0.05) is 53.5 Å². The highest BCUT2D eigenvalue weighted by Gasteiger charge is 2.08. The fourth-order valence-corrected chi connectivity index (χ4v) is 2.38. The van der Waals surface area contributed by atoms with Crippen LogP contribution in [-0.4, -0.2) is 15.2 Å². The standard InChI is InChI=1S/C16H12Cl2N4O/c17-11-6-7-12(18)13(9-11)19-16-20-15(23)14(21-22-16)8-10-4-2-1-3-5-10/h1-7,9H,8H2,(H2,19,20,22,23). The molecule has 1 aromatic heterocycles. The molecule has 0 aliphatic heterocycles. The summed E-state index contributed by atoms with van der Waals surface area (Å²) in [4.78, 5) is 14.8. The highest BCUT2D eigenvalue weighted by molar-refractivity contribution is 6.35. The van der Waals surface area contributed by atoms with Crippen LogP contribution in [-0.2, 0) is 6.42 Å². The normalized spacial score (nSPS) is 10.5. The number of aromatic amines is 1. The summed E-state index contributed by atoms with van der Waals surface area (Å²) in [5, 5.41) is 11.9. The first-order valence-electron chi connectivity index (χ1n) is 6.84. The van der Waals surface area contributed by atoms with Gasteiger partial charge in [-0.3, -0.25) is 9.78 Å². The van der Waals surface area contributed by atoms with Crippen LogP contribution in [0, 0.1) is 0 Å². The molecule has 0 fully saturated rings. The summed E-state index contributed by atoms with van der Waals surface area (Å²) >= 11 is 12.0. The van der Waals surface area contributed by atoms with E-state index in [0.29, 0.717) is 27.8 Å². The molecule has 2 N–H and O–H groups in total. The number of halogens is 2. The van der Waals surface area contributed by atoms with E-state index in [2.05, 4.69) is 20.5 Å². The minimum Gasteiger partial charge on any atom is -0.323 e. The zero-order chi connectivity index (χ0) is 16.2. The predicted molar refractivity (Wildman–Crippen MR) is 91.6 cm³/mol. The molecule has 0 bridgehead atoms. The third-order valence-electron chi connectivity index (χ3n) is 3.16. The van der Waals surface area contributed by atoms with E-state index in [4.69, 9.17) is 23.2 Å². The second-order valence-electron chi connectivity index (χ2n) is 4.86. The van der Waals surface area contributed by atoms with Crippen molar-refractivity contribution in [3.05, 3.63) is 80.2 Å². The van der Waals surface area contributed by atoms with Crippen LogP contribution in [0.1, 0.15) is 11.3 Å². The second-order valence-corrected chi connectivity index (χ2v) is 5.70. The summed E-state index contributed by atoms with van der Waals surface area (Å²) in [6, 6.07) is 14.6. The zero-order valence-corrected chi connectivity index (χ0v) is 13.4. The highest BCUT2D eigenvalue weighted by Crippen LogP contribution is 2.26. The molecule has 0 aliphatic rings. The molecule has 23 heavy (non-hydrogen) atoms. The van der Waals surface area contributed by atoms with Gasteiger partial charge >= 0.3 is 0 Å². The van der Waals surface area contributed by atoms with Crippen LogP contribution in [0.4, 0.5) is 11.6 Å². The van der Waals surface area contributed by atoms with E-state index in [0.717, 1.165) is 5.56 Å². The molecule has 3 rings (SSSR count). The number of nitrogens with zero attached hydrogens (tertiary/aromatic N) is 2. The molecule has 0 spiro atoms. The maximum Gasteiger partial charge on any atom is 0.274 e. The van der Waals surface area contributed by atoms with Gasteiger partial charge in [-0.2, -0.15) is 0 Å². The molecule has 5 nitrogen and oxygen atoms in total. The molecule has 3 aromatic rings. The third-order valence-corrected chi connectivity index (χ3v) is 3.73. The lowest BCUT2D eigenvalue weighted by atomic mass is 10.1. The van der Waals surface area contributed by atoms with E-state index in [9.17, 15) is 4.79 Å². The van der Waals surface area contributed by atoms with Gasteiger partial charge in [-0.05, 0) is 23.8 Å². The quantitative estimate of drug-likeness (QED) is 0.753. The molecule has 0 radical (unpaired) electrons. The topological polar surface area (TPSA) is 70.7 Å². The van der Waals surface area contributed by atoms with Crippen molar-refractivity contribution >= 4 is 34.8 Å². The Morgan fingerprint density at radius 3 is 2.57 bits per heavy atom. The van der Waals surface area contributed by atoms with Gasteiger partial charge in [0, 0.05) is 11.4 Å². The summed E-state index contributed by atoms with van der Waals surface area (Å²) in [5.74, 6) is 0.205. The first-order chi connectivity index (χ1) is 11.1. The average molecular weight is 347 g/mol. The van der Waals surface area contributed by atoms with Crippen LogP contribution in [0.5, 0.6) is 0 Å². The van der Waals surface area contributed by atoms with E-state index in [1.165, 1.54) is 0 Å². The summed E-state index contributed by atoms with van der Waals surface area (Å²) in [7, 11) is 0. The Morgan fingerprint density at radius 1 is 1.04 bits per heavy atom. The van der Waals surface area contributed by atoms with Crippen molar-refractivity contribution in [2.45, 2.75) is 6.42 Å². The summed E-state index contributed by atoms with van der Waals surface area (Å²) < 4.78 is 0. The van der Waals surface area contributed by atoms with E-state index in [-0.39, 0.29) is 11.5 Å². The Labute approximate surface area is 142 Å². The molecule has 116 valence electrons. The van der Waals surface area contributed by atoms with Gasteiger partial charge in [0.1, 0.15) is 5.69 Å². The number of aromatic nitrogens is 3. The molecular weight excluding hydrogens is 335 g/mol. The molecule has 7 heteroatoms. The van der Waals surface area contributed by atoms with E-state index < -0.39 is 0 Å². The van der Waals surface area contributed by atoms with Gasteiger partial charge < -0.3 is 5.32 Å². The van der Waals surface area contributed by atoms with Gasteiger partial charge in [0.2, 0.25) is 5.95 Å². The Morgan fingerprint density at radius 2 is 1.83 bits per heavy atom. The molecular formula is C16H12Cl2N4O. The van der Waals surface area contributed by atoms with Gasteiger partial charge in [-0.25, -0.2) is 0 Å². The van der Waals surface area contributed by atoms with Crippen LogP contribution < -0.4 is 10.9 Å². The summed E-state index contributed by atoms with van der Waals surface area (Å²) in [6.07, 6.45) is 0.418. The van der Waals surface area contributed by atoms with Crippen LogP contribution in [0.3, 0.4) is 0 Å². The number of rotatable bonds is 4. The number of nitrogens with one attached hydrogen (secondary N) is 2. The van der Waals surface area contributed by atoms with Crippen molar-refractivity contribution in [3.63, 3.8) is 0 Å². The Balaban J connectivity index is 1.82. The monoisotopic (exact) mass is 346 g/mol. The fraction of sp³-hybridized carbons (Fsp3) is 0.0625. The molecule has 0 unspecified atom stereocenters. The molecule has 1 heterocycles. The number of anilines is 2. The molecule has 0 saturated carbocycles. The zero-order valence-electron chi connectivity index (χ0n) is 11.9. The molecule has 0 aliphatic carbocycles. The Hall–Kier alpha value is -2.37. The van der Waals surface area contributed by atoms with Gasteiger partial charge in [0.05, 0.1) is 10.7 Å². The summed E-state index contributed by atoms with van der Waals surface area (Å²) in [5.41, 5.74) is 1.58. The van der Waals surface area contributed by atoms with Crippen molar-refractivity contribution in [1.29, 1.82) is 0 Å². The molecule has 2 aromatic carbocycles. The first-order valence-corrected chi connectivity index (χ1v) is 7.59. The van der Waals surface area contributed by atoms with Crippen molar-refractivity contribution in [3.8, 4) is 0 Å². The van der Waals surface area contributed by atoms with E-state index >= 15 is 0 Å². The second kappa shape index (κ2) is 6.81. The van der Waals surface area contributed by atoms with Crippen molar-refractivity contribution in [1.82, 2.24) is 15.2 Å². The maximum absolute atomic E-state index is 12.1. The largest absolute Gasteiger partial charge is 0.323 e. The Kier molecular flexibility index (Phi) is 4.60. The molecule has 0 atom stereocenters. The van der Waals surface area contributed by atoms with Crippen molar-refractivity contribution < 1.29 is 0 Å². The first kappa shape index (κ1) is 15.5. The lowest BCUT2D eigenvalue weighted by Gasteiger charge is -2.07.